The van der Waals surface area contributed by atoms with Crippen molar-refractivity contribution in [1.29, 1.82) is 0 Å². The molecule has 1 aromatic rings. The first kappa shape index (κ1) is 19.5. The van der Waals surface area contributed by atoms with E-state index in [1.165, 1.54) is 0 Å². The molecule has 0 aromatic heterocycles. The monoisotopic (exact) mass is 382 g/mol. The van der Waals surface area contributed by atoms with Gasteiger partial charge in [0, 0.05) is 31.3 Å². The molecule has 6 nitrogen and oxygen atoms in total. The Kier molecular flexibility index (Phi) is 5.79. The Labute approximate surface area is 157 Å². The standard InChI is InChI=1S/C19H30N2O4S/c1-14-10-15(2)13-20(12-14)26(22,23)21-9-5-6-18(21)17-8-7-16(24-3)11-19(17)25-4/h7-8,11,14-15,18H,5-6,9-10,12-13H2,1-4H3. The normalized spacial score (nSPS) is 28.2. The van der Waals surface area contributed by atoms with Crippen LogP contribution in [0.15, 0.2) is 18.2 Å². The minimum atomic E-state index is -3.49. The largest absolute Gasteiger partial charge is 0.497 e. The lowest BCUT2D eigenvalue weighted by Crippen LogP contribution is -2.49. The fraction of sp³-hybridized carbons (Fsp3) is 0.684. The second kappa shape index (κ2) is 7.74. The predicted octanol–water partition coefficient (Wildman–Crippen LogP) is 3.06. The molecule has 0 amide bonds. The molecular weight excluding hydrogens is 352 g/mol. The Morgan fingerprint density at radius 2 is 1.77 bits per heavy atom. The summed E-state index contributed by atoms with van der Waals surface area (Å²) in [4.78, 5) is 0. The van der Waals surface area contributed by atoms with Crippen LogP contribution in [0.1, 0.15) is 44.7 Å². The van der Waals surface area contributed by atoms with Gasteiger partial charge in [-0.2, -0.15) is 17.0 Å². The number of ether oxygens (including phenoxy) is 2. The van der Waals surface area contributed by atoms with Gasteiger partial charge < -0.3 is 9.47 Å². The van der Waals surface area contributed by atoms with Gasteiger partial charge in [0.15, 0.2) is 0 Å². The Balaban J connectivity index is 1.90. The fourth-order valence-corrected chi connectivity index (χ4v) is 6.45. The maximum atomic E-state index is 13.4. The number of hydrogen-bond acceptors (Lipinski definition) is 4. The SMILES string of the molecule is COc1ccc(C2CCCN2S(=O)(=O)N2CC(C)CC(C)C2)c(OC)c1. The van der Waals surface area contributed by atoms with Crippen molar-refractivity contribution < 1.29 is 17.9 Å². The molecule has 2 aliphatic heterocycles. The summed E-state index contributed by atoms with van der Waals surface area (Å²) in [5, 5.41) is 0. The minimum absolute atomic E-state index is 0.187. The van der Waals surface area contributed by atoms with Gasteiger partial charge in [-0.3, -0.25) is 0 Å². The second-order valence-electron chi connectivity index (χ2n) is 7.65. The van der Waals surface area contributed by atoms with Crippen molar-refractivity contribution in [2.24, 2.45) is 11.8 Å². The summed E-state index contributed by atoms with van der Waals surface area (Å²) in [6.45, 7) is 6.03. The van der Waals surface area contributed by atoms with Gasteiger partial charge in [0.05, 0.1) is 20.3 Å². The van der Waals surface area contributed by atoms with E-state index >= 15 is 0 Å². The van der Waals surface area contributed by atoms with Crippen molar-refractivity contribution in [2.45, 2.75) is 39.2 Å². The summed E-state index contributed by atoms with van der Waals surface area (Å²) in [5.74, 6) is 2.17. The molecule has 3 atom stereocenters. The molecule has 0 saturated carbocycles. The fourth-order valence-electron chi connectivity index (χ4n) is 4.36. The third-order valence-corrected chi connectivity index (χ3v) is 7.44. The van der Waals surface area contributed by atoms with Gasteiger partial charge >= 0.3 is 0 Å². The zero-order valence-electron chi connectivity index (χ0n) is 16.1. The molecule has 2 aliphatic rings. The van der Waals surface area contributed by atoms with E-state index in [0.717, 1.165) is 24.8 Å². The van der Waals surface area contributed by atoms with Gasteiger partial charge in [0.25, 0.3) is 10.2 Å². The Hall–Kier alpha value is -1.31. The Morgan fingerprint density at radius 1 is 1.08 bits per heavy atom. The average Bonchev–Trinajstić information content (AvgIpc) is 3.10. The molecule has 3 unspecified atom stereocenters. The van der Waals surface area contributed by atoms with E-state index < -0.39 is 10.2 Å². The lowest BCUT2D eigenvalue weighted by Gasteiger charge is -2.38. The number of methoxy groups -OCH3 is 2. The maximum absolute atomic E-state index is 13.4. The van der Waals surface area contributed by atoms with Crippen LogP contribution < -0.4 is 9.47 Å². The maximum Gasteiger partial charge on any atom is 0.282 e. The quantitative estimate of drug-likeness (QED) is 0.785. The Morgan fingerprint density at radius 3 is 2.38 bits per heavy atom. The minimum Gasteiger partial charge on any atom is -0.497 e. The molecule has 3 rings (SSSR count). The highest BCUT2D eigenvalue weighted by molar-refractivity contribution is 7.86. The van der Waals surface area contributed by atoms with Crippen LogP contribution in [0.25, 0.3) is 0 Å². The topological polar surface area (TPSA) is 59.1 Å². The summed E-state index contributed by atoms with van der Waals surface area (Å²) in [5.41, 5.74) is 0.910. The van der Waals surface area contributed by atoms with Gasteiger partial charge in [-0.15, -0.1) is 0 Å². The molecule has 2 heterocycles. The molecular formula is C19H30N2O4S. The molecule has 0 N–H and O–H groups in total. The van der Waals surface area contributed by atoms with Crippen LogP contribution in [-0.4, -0.2) is 50.9 Å². The molecule has 1 aromatic carbocycles. The molecule has 2 saturated heterocycles. The first-order valence-electron chi connectivity index (χ1n) is 9.35. The summed E-state index contributed by atoms with van der Waals surface area (Å²) in [7, 11) is -0.264. The van der Waals surface area contributed by atoms with Crippen molar-refractivity contribution in [3.05, 3.63) is 23.8 Å². The van der Waals surface area contributed by atoms with Crippen molar-refractivity contribution in [1.82, 2.24) is 8.61 Å². The van der Waals surface area contributed by atoms with Crippen LogP contribution in [0, 0.1) is 11.8 Å². The zero-order valence-corrected chi connectivity index (χ0v) is 17.0. The smallest absolute Gasteiger partial charge is 0.282 e. The first-order valence-corrected chi connectivity index (χ1v) is 10.7. The molecule has 0 bridgehead atoms. The molecule has 0 aliphatic carbocycles. The van der Waals surface area contributed by atoms with E-state index in [2.05, 4.69) is 13.8 Å². The molecule has 7 heteroatoms. The van der Waals surface area contributed by atoms with Crippen molar-refractivity contribution in [2.75, 3.05) is 33.9 Å². The van der Waals surface area contributed by atoms with Crippen LogP contribution >= 0.6 is 0 Å². The molecule has 0 radical (unpaired) electrons. The summed E-state index contributed by atoms with van der Waals surface area (Å²) < 4.78 is 40.9. The van der Waals surface area contributed by atoms with E-state index in [-0.39, 0.29) is 6.04 Å². The van der Waals surface area contributed by atoms with E-state index in [4.69, 9.17) is 9.47 Å². The number of hydrogen-bond donors (Lipinski definition) is 0. The number of nitrogens with zero attached hydrogens (tertiary/aromatic N) is 2. The van der Waals surface area contributed by atoms with Crippen molar-refractivity contribution in [3.63, 3.8) is 0 Å². The van der Waals surface area contributed by atoms with E-state index in [9.17, 15) is 8.42 Å². The number of rotatable bonds is 5. The first-order chi connectivity index (χ1) is 12.4. The van der Waals surface area contributed by atoms with Gasteiger partial charge in [-0.25, -0.2) is 0 Å². The molecule has 26 heavy (non-hydrogen) atoms. The van der Waals surface area contributed by atoms with Crippen molar-refractivity contribution >= 4 is 10.2 Å². The Bertz CT molecular complexity index is 727. The van der Waals surface area contributed by atoms with Crippen LogP contribution in [-0.2, 0) is 10.2 Å². The predicted molar refractivity (Wildman–Crippen MR) is 102 cm³/mol. The van der Waals surface area contributed by atoms with Crippen molar-refractivity contribution in [3.8, 4) is 11.5 Å². The van der Waals surface area contributed by atoms with Gasteiger partial charge in [0.1, 0.15) is 11.5 Å². The van der Waals surface area contributed by atoms with E-state index in [1.807, 2.05) is 18.2 Å². The second-order valence-corrected chi connectivity index (χ2v) is 9.53. The van der Waals surface area contributed by atoms with Crippen LogP contribution in [0.2, 0.25) is 0 Å². The molecule has 0 spiro atoms. The zero-order chi connectivity index (χ0) is 18.9. The van der Waals surface area contributed by atoms with E-state index in [1.54, 1.807) is 22.8 Å². The summed E-state index contributed by atoms with van der Waals surface area (Å²) in [6.07, 6.45) is 2.75. The van der Waals surface area contributed by atoms with Crippen LogP contribution in [0.3, 0.4) is 0 Å². The van der Waals surface area contributed by atoms with E-state index in [0.29, 0.717) is 43.0 Å². The third kappa shape index (κ3) is 3.70. The lowest BCUT2D eigenvalue weighted by atomic mass is 9.94. The summed E-state index contributed by atoms with van der Waals surface area (Å²) in [6, 6.07) is 5.43. The van der Waals surface area contributed by atoms with Gasteiger partial charge in [-0.05, 0) is 37.2 Å². The van der Waals surface area contributed by atoms with Gasteiger partial charge in [0.2, 0.25) is 0 Å². The number of piperidine rings is 1. The van der Waals surface area contributed by atoms with Gasteiger partial charge in [-0.1, -0.05) is 19.9 Å². The average molecular weight is 383 g/mol. The van der Waals surface area contributed by atoms with Crippen LogP contribution in [0.5, 0.6) is 11.5 Å². The lowest BCUT2D eigenvalue weighted by molar-refractivity contribution is 0.206. The summed E-state index contributed by atoms with van der Waals surface area (Å²) >= 11 is 0. The highest BCUT2D eigenvalue weighted by Gasteiger charge is 2.41. The number of benzene rings is 1. The highest BCUT2D eigenvalue weighted by atomic mass is 32.2. The molecule has 2 fully saturated rings. The molecule has 146 valence electrons. The highest BCUT2D eigenvalue weighted by Crippen LogP contribution is 2.41. The van der Waals surface area contributed by atoms with Crippen LogP contribution in [0.4, 0.5) is 0 Å². The third-order valence-electron chi connectivity index (χ3n) is 5.46.